The maximum atomic E-state index is 11.6. The van der Waals surface area contributed by atoms with E-state index in [1.807, 2.05) is 13.0 Å². The van der Waals surface area contributed by atoms with Gasteiger partial charge < -0.3 is 4.74 Å². The molecule has 0 unspecified atom stereocenters. The summed E-state index contributed by atoms with van der Waals surface area (Å²) in [6, 6.07) is 8.82. The summed E-state index contributed by atoms with van der Waals surface area (Å²) in [6.07, 6.45) is 8.54. The average Bonchev–Trinajstić information content (AvgIpc) is 2.47. The van der Waals surface area contributed by atoms with Crippen LogP contribution in [0.25, 0.3) is 0 Å². The van der Waals surface area contributed by atoms with Gasteiger partial charge in [-0.05, 0) is 50.5 Å². The Bertz CT molecular complexity index is 451. The first-order valence-electron chi connectivity index (χ1n) is 7.62. The fourth-order valence-corrected chi connectivity index (χ4v) is 2.77. The topological polar surface area (TPSA) is 26.3 Å². The van der Waals surface area contributed by atoms with E-state index in [0.717, 1.165) is 32.1 Å². The number of carbonyl (C=O) groups is 1. The van der Waals surface area contributed by atoms with Crippen molar-refractivity contribution in [3.63, 3.8) is 0 Å². The minimum Gasteiger partial charge on any atom is -0.459 e. The molecule has 1 aromatic rings. The maximum absolute atomic E-state index is 11.6. The van der Waals surface area contributed by atoms with E-state index in [1.54, 1.807) is 6.08 Å². The van der Waals surface area contributed by atoms with E-state index in [9.17, 15) is 4.79 Å². The number of rotatable bonds is 4. The van der Waals surface area contributed by atoms with E-state index in [-0.39, 0.29) is 12.1 Å². The molecule has 0 amide bonds. The van der Waals surface area contributed by atoms with Crippen LogP contribution in [0.2, 0.25) is 0 Å². The van der Waals surface area contributed by atoms with Crippen LogP contribution in [0.3, 0.4) is 0 Å². The molecule has 0 spiro atoms. The highest BCUT2D eigenvalue weighted by atomic mass is 16.5. The molecule has 2 nitrogen and oxygen atoms in total. The number of benzene rings is 1. The molecular weight excluding hydrogens is 248 g/mol. The molecule has 20 heavy (non-hydrogen) atoms. The molecule has 1 fully saturated rings. The number of esters is 1. The van der Waals surface area contributed by atoms with E-state index >= 15 is 0 Å². The lowest BCUT2D eigenvalue weighted by Crippen LogP contribution is -2.23. The molecule has 0 saturated heterocycles. The Hall–Kier alpha value is -1.57. The zero-order chi connectivity index (χ0) is 14.4. The third kappa shape index (κ3) is 4.22. The zero-order valence-electron chi connectivity index (χ0n) is 12.5. The van der Waals surface area contributed by atoms with Gasteiger partial charge in [0, 0.05) is 6.08 Å². The summed E-state index contributed by atoms with van der Waals surface area (Å²) in [5.41, 5.74) is 2.73. The zero-order valence-corrected chi connectivity index (χ0v) is 12.5. The Labute approximate surface area is 121 Å². The van der Waals surface area contributed by atoms with Crippen LogP contribution in [0, 0.1) is 6.92 Å². The summed E-state index contributed by atoms with van der Waals surface area (Å²) in [5, 5.41) is 0. The van der Waals surface area contributed by atoms with Gasteiger partial charge in [-0.3, -0.25) is 0 Å². The highest BCUT2D eigenvalue weighted by molar-refractivity contribution is 5.82. The monoisotopic (exact) mass is 272 g/mol. The van der Waals surface area contributed by atoms with Crippen molar-refractivity contribution in [2.45, 2.75) is 58.0 Å². The highest BCUT2D eigenvalue weighted by Gasteiger charge is 2.24. The molecule has 0 aliphatic heterocycles. The van der Waals surface area contributed by atoms with Gasteiger partial charge in [0.1, 0.15) is 6.10 Å². The summed E-state index contributed by atoms with van der Waals surface area (Å²) >= 11 is 0. The molecule has 0 N–H and O–H groups in total. The van der Waals surface area contributed by atoms with Gasteiger partial charge in [-0.2, -0.15) is 0 Å². The molecule has 0 atom stereocenters. The van der Waals surface area contributed by atoms with Crippen molar-refractivity contribution in [2.75, 3.05) is 0 Å². The second-order valence-electron chi connectivity index (χ2n) is 5.63. The fraction of sp³-hybridized carbons (Fsp3) is 0.500. The largest absolute Gasteiger partial charge is 0.459 e. The van der Waals surface area contributed by atoms with Crippen molar-refractivity contribution < 1.29 is 9.53 Å². The van der Waals surface area contributed by atoms with Crippen LogP contribution in [0.4, 0.5) is 0 Å². The van der Waals surface area contributed by atoms with E-state index in [1.165, 1.54) is 11.1 Å². The average molecular weight is 272 g/mol. The Morgan fingerprint density at radius 1 is 1.20 bits per heavy atom. The van der Waals surface area contributed by atoms with Gasteiger partial charge in [0.2, 0.25) is 0 Å². The van der Waals surface area contributed by atoms with Crippen molar-refractivity contribution in [3.05, 3.63) is 47.5 Å². The second kappa shape index (κ2) is 7.28. The van der Waals surface area contributed by atoms with Crippen LogP contribution in [0.15, 0.2) is 36.4 Å². The molecule has 0 bridgehead atoms. The minimum atomic E-state index is -0.189. The molecule has 2 heteroatoms. The lowest BCUT2D eigenvalue weighted by atomic mass is 9.82. The molecule has 0 aromatic heterocycles. The van der Waals surface area contributed by atoms with Gasteiger partial charge in [-0.15, -0.1) is 0 Å². The lowest BCUT2D eigenvalue weighted by Gasteiger charge is -2.28. The SMILES string of the molecule is CCC=CC(=O)OC1CCC(c2ccc(C)cc2)CC1. The van der Waals surface area contributed by atoms with E-state index in [4.69, 9.17) is 4.74 Å². The third-order valence-electron chi connectivity index (χ3n) is 4.00. The van der Waals surface area contributed by atoms with Crippen molar-refractivity contribution in [1.29, 1.82) is 0 Å². The van der Waals surface area contributed by atoms with Crippen molar-refractivity contribution in [1.82, 2.24) is 0 Å². The highest BCUT2D eigenvalue weighted by Crippen LogP contribution is 2.34. The van der Waals surface area contributed by atoms with Crippen LogP contribution < -0.4 is 0 Å². The Morgan fingerprint density at radius 2 is 1.85 bits per heavy atom. The van der Waals surface area contributed by atoms with Crippen molar-refractivity contribution in [2.24, 2.45) is 0 Å². The molecule has 2 rings (SSSR count). The van der Waals surface area contributed by atoms with Crippen LogP contribution >= 0.6 is 0 Å². The predicted molar refractivity (Wildman–Crippen MR) is 81.7 cm³/mol. The summed E-state index contributed by atoms with van der Waals surface area (Å²) in [7, 11) is 0. The summed E-state index contributed by atoms with van der Waals surface area (Å²) in [4.78, 5) is 11.6. The quantitative estimate of drug-likeness (QED) is 0.594. The summed E-state index contributed by atoms with van der Waals surface area (Å²) in [5.74, 6) is 0.433. The van der Waals surface area contributed by atoms with Crippen molar-refractivity contribution in [3.8, 4) is 0 Å². The van der Waals surface area contributed by atoms with Crippen LogP contribution in [0.1, 0.15) is 56.1 Å². The normalized spacial score (nSPS) is 22.9. The van der Waals surface area contributed by atoms with Gasteiger partial charge in [-0.1, -0.05) is 42.8 Å². The molecule has 1 aliphatic carbocycles. The van der Waals surface area contributed by atoms with E-state index < -0.39 is 0 Å². The van der Waals surface area contributed by atoms with Gasteiger partial charge in [0.05, 0.1) is 0 Å². The minimum absolute atomic E-state index is 0.103. The third-order valence-corrected chi connectivity index (χ3v) is 4.00. The number of carbonyl (C=O) groups excluding carboxylic acids is 1. The standard InChI is InChI=1S/C18H24O2/c1-3-4-5-18(19)20-17-12-10-16(11-13-17)15-8-6-14(2)7-9-15/h4-9,16-17H,3,10-13H2,1-2H3. The predicted octanol–water partition coefficient (Wildman–Crippen LogP) is 4.53. The van der Waals surface area contributed by atoms with Crippen molar-refractivity contribution >= 4 is 5.97 Å². The molecule has 1 saturated carbocycles. The smallest absolute Gasteiger partial charge is 0.330 e. The lowest BCUT2D eigenvalue weighted by molar-refractivity contribution is -0.144. The van der Waals surface area contributed by atoms with Gasteiger partial charge in [0.25, 0.3) is 0 Å². The summed E-state index contributed by atoms with van der Waals surface area (Å²) in [6.45, 7) is 4.13. The molecule has 1 aliphatic rings. The number of ether oxygens (including phenoxy) is 1. The number of hydrogen-bond donors (Lipinski definition) is 0. The van der Waals surface area contributed by atoms with E-state index in [2.05, 4.69) is 31.2 Å². The van der Waals surface area contributed by atoms with Crippen LogP contribution in [-0.2, 0) is 9.53 Å². The Morgan fingerprint density at radius 3 is 2.45 bits per heavy atom. The van der Waals surface area contributed by atoms with Gasteiger partial charge in [-0.25, -0.2) is 4.79 Å². The molecule has 0 radical (unpaired) electrons. The fourth-order valence-electron chi connectivity index (χ4n) is 2.77. The van der Waals surface area contributed by atoms with Crippen LogP contribution in [0.5, 0.6) is 0 Å². The molecule has 108 valence electrons. The van der Waals surface area contributed by atoms with Gasteiger partial charge >= 0.3 is 5.97 Å². The first kappa shape index (κ1) is 14.8. The molecule has 0 heterocycles. The Kier molecular flexibility index (Phi) is 5.40. The van der Waals surface area contributed by atoms with E-state index in [0.29, 0.717) is 5.92 Å². The second-order valence-corrected chi connectivity index (χ2v) is 5.63. The first-order valence-corrected chi connectivity index (χ1v) is 7.62. The van der Waals surface area contributed by atoms with Gasteiger partial charge in [0.15, 0.2) is 0 Å². The maximum Gasteiger partial charge on any atom is 0.330 e. The number of hydrogen-bond acceptors (Lipinski definition) is 2. The first-order chi connectivity index (χ1) is 9.69. The summed E-state index contributed by atoms with van der Waals surface area (Å²) < 4.78 is 5.47. The number of allylic oxidation sites excluding steroid dienone is 1. The molecule has 1 aromatic carbocycles. The Balaban J connectivity index is 1.81. The van der Waals surface area contributed by atoms with Crippen LogP contribution in [-0.4, -0.2) is 12.1 Å². The molecular formula is C18H24O2. The number of aryl methyl sites for hydroxylation is 1.